The van der Waals surface area contributed by atoms with Crippen molar-refractivity contribution in [1.29, 1.82) is 0 Å². The third-order valence-corrected chi connectivity index (χ3v) is 4.50. The average Bonchev–Trinajstić information content (AvgIpc) is 2.29. The number of hydrogen-bond donors (Lipinski definition) is 2. The Hall–Kier alpha value is -0.420. The van der Waals surface area contributed by atoms with Crippen molar-refractivity contribution in [2.45, 2.75) is 23.0 Å². The first kappa shape index (κ1) is 15.6. The summed E-state index contributed by atoms with van der Waals surface area (Å²) in [7, 11) is 0. The molecule has 1 amide bonds. The van der Waals surface area contributed by atoms with E-state index in [1.165, 1.54) is 4.90 Å². The molecule has 1 heterocycles. The summed E-state index contributed by atoms with van der Waals surface area (Å²) in [6.45, 7) is 1.43. The summed E-state index contributed by atoms with van der Waals surface area (Å²) >= 11 is 7.73. The second kappa shape index (κ2) is 7.24. The van der Waals surface area contributed by atoms with E-state index in [9.17, 15) is 4.79 Å². The fraction of sp³-hybridized carbons (Fsp3) is 0.417. The normalized spacial score (nSPS) is 23.2. The largest absolute Gasteiger partial charge is 1.00 e. The van der Waals surface area contributed by atoms with Gasteiger partial charge < -0.3 is 17.5 Å². The highest BCUT2D eigenvalue weighted by atomic mass is 35.5. The van der Waals surface area contributed by atoms with Gasteiger partial charge in [0.1, 0.15) is 0 Å². The standard InChI is InChI=1S/C12H14ClNO2S.ClH/c13-9-2-1-3-11(8-9)17-10-4-6-14(7-5-10)12(15)16;/h1-3,8,10H,4-7H2,(H,15,16);1H. The van der Waals surface area contributed by atoms with Crippen LogP contribution in [0.15, 0.2) is 29.2 Å². The lowest BCUT2D eigenvalue weighted by Gasteiger charge is -2.25. The number of rotatable bonds is 2. The maximum absolute atomic E-state index is 10.8. The van der Waals surface area contributed by atoms with E-state index in [4.69, 9.17) is 16.7 Å². The second-order valence-corrected chi connectivity index (χ2v) is 5.99. The Morgan fingerprint density at radius 1 is 1.39 bits per heavy atom. The topological polar surface area (TPSA) is 41.7 Å². The first-order chi connectivity index (χ1) is 8.15. The number of carbonyl (C=O) groups is 1. The highest BCUT2D eigenvalue weighted by Gasteiger charge is 2.27. The van der Waals surface area contributed by atoms with Crippen molar-refractivity contribution in [1.82, 2.24) is 0 Å². The summed E-state index contributed by atoms with van der Waals surface area (Å²) in [6, 6.07) is 7.82. The Morgan fingerprint density at radius 2 is 2.06 bits per heavy atom. The van der Waals surface area contributed by atoms with Crippen LogP contribution in [0.4, 0.5) is 4.79 Å². The zero-order valence-electron chi connectivity index (χ0n) is 9.73. The Balaban J connectivity index is 0.00000162. The second-order valence-electron chi connectivity index (χ2n) is 4.18. The number of halogens is 2. The van der Waals surface area contributed by atoms with E-state index in [0.29, 0.717) is 23.2 Å². The number of thioether (sulfide) groups is 1. The van der Waals surface area contributed by atoms with Crippen LogP contribution in [0.1, 0.15) is 12.8 Å². The Morgan fingerprint density at radius 3 is 2.61 bits per heavy atom. The molecule has 1 saturated heterocycles. The van der Waals surface area contributed by atoms with Crippen LogP contribution in [0.3, 0.4) is 0 Å². The number of benzene rings is 1. The van der Waals surface area contributed by atoms with Gasteiger partial charge in [0, 0.05) is 28.0 Å². The van der Waals surface area contributed by atoms with Crippen LogP contribution >= 0.6 is 23.4 Å². The Bertz CT molecular complexity index is 409. The molecule has 0 unspecified atom stereocenters. The van der Waals surface area contributed by atoms with Crippen molar-refractivity contribution in [3.05, 3.63) is 29.3 Å². The summed E-state index contributed by atoms with van der Waals surface area (Å²) < 4.78 is 0. The summed E-state index contributed by atoms with van der Waals surface area (Å²) in [6.07, 6.45) is 1.16. The lowest BCUT2D eigenvalue weighted by molar-refractivity contribution is -0.828. The number of hydrogen-bond acceptors (Lipinski definition) is 2. The van der Waals surface area contributed by atoms with Gasteiger partial charge in [-0.25, -0.2) is 4.90 Å². The van der Waals surface area contributed by atoms with Crippen LogP contribution in [0.5, 0.6) is 0 Å². The van der Waals surface area contributed by atoms with E-state index in [0.717, 1.165) is 17.9 Å². The summed E-state index contributed by atoms with van der Waals surface area (Å²) in [4.78, 5) is 12.6. The molecule has 1 aromatic carbocycles. The number of likely N-dealkylation sites (tertiary alicyclic amines) is 1. The van der Waals surface area contributed by atoms with Crippen LogP contribution in [-0.2, 0) is 0 Å². The number of piperidine rings is 1. The molecule has 1 aliphatic rings. The first-order valence-electron chi connectivity index (χ1n) is 5.65. The lowest BCUT2D eigenvalue weighted by Crippen LogP contribution is -3.15. The molecule has 3 nitrogen and oxygen atoms in total. The first-order valence-corrected chi connectivity index (χ1v) is 6.91. The van der Waals surface area contributed by atoms with Crippen molar-refractivity contribution in [3.63, 3.8) is 0 Å². The summed E-state index contributed by atoms with van der Waals surface area (Å²) in [5, 5.41) is 10.2. The van der Waals surface area contributed by atoms with E-state index in [1.807, 2.05) is 24.3 Å². The minimum Gasteiger partial charge on any atom is -1.00 e. The maximum atomic E-state index is 10.8. The predicted molar refractivity (Wildman–Crippen MR) is 69.1 cm³/mol. The van der Waals surface area contributed by atoms with E-state index >= 15 is 0 Å². The number of amides is 1. The minimum atomic E-state index is -0.726. The van der Waals surface area contributed by atoms with Crippen molar-refractivity contribution < 1.29 is 27.2 Å². The van der Waals surface area contributed by atoms with Gasteiger partial charge in [-0.2, -0.15) is 4.79 Å². The van der Waals surface area contributed by atoms with Gasteiger partial charge in [0.2, 0.25) is 0 Å². The predicted octanol–water partition coefficient (Wildman–Crippen LogP) is -0.839. The van der Waals surface area contributed by atoms with Crippen LogP contribution in [0.2, 0.25) is 5.02 Å². The van der Waals surface area contributed by atoms with E-state index in [1.54, 1.807) is 11.8 Å². The minimum absolute atomic E-state index is 0. The average molecular weight is 308 g/mol. The maximum Gasteiger partial charge on any atom is 0.511 e. The third kappa shape index (κ3) is 4.35. The molecular weight excluding hydrogens is 293 g/mol. The highest BCUT2D eigenvalue weighted by Crippen LogP contribution is 2.29. The number of nitrogens with one attached hydrogen (secondary N) is 1. The molecule has 6 heteroatoms. The smallest absolute Gasteiger partial charge is 0.511 e. The van der Waals surface area contributed by atoms with Gasteiger partial charge >= 0.3 is 6.09 Å². The SMILES string of the molecule is O=C(O)[NH+]1CCC(Sc2cccc(Cl)c2)CC1.[Cl-]. The molecule has 0 atom stereocenters. The fourth-order valence-corrected chi connectivity index (χ4v) is 3.47. The highest BCUT2D eigenvalue weighted by molar-refractivity contribution is 8.00. The summed E-state index contributed by atoms with van der Waals surface area (Å²) in [5.74, 6) is 0. The van der Waals surface area contributed by atoms with Crippen LogP contribution in [-0.4, -0.2) is 29.5 Å². The van der Waals surface area contributed by atoms with E-state index < -0.39 is 6.09 Å². The molecule has 0 aromatic heterocycles. The quantitative estimate of drug-likeness (QED) is 0.749. The zero-order valence-corrected chi connectivity index (χ0v) is 12.1. The molecule has 0 radical (unpaired) electrons. The van der Waals surface area contributed by atoms with Crippen LogP contribution < -0.4 is 17.3 Å². The molecule has 18 heavy (non-hydrogen) atoms. The molecule has 2 N–H and O–H groups in total. The van der Waals surface area contributed by atoms with Gasteiger partial charge in [0.15, 0.2) is 0 Å². The Kier molecular flexibility index (Phi) is 6.29. The zero-order chi connectivity index (χ0) is 12.3. The van der Waals surface area contributed by atoms with Crippen LogP contribution in [0, 0.1) is 0 Å². The molecule has 0 bridgehead atoms. The molecule has 1 aliphatic heterocycles. The Labute approximate surface area is 122 Å². The van der Waals surface area contributed by atoms with Crippen molar-refractivity contribution in [2.75, 3.05) is 13.1 Å². The molecule has 2 rings (SSSR count). The van der Waals surface area contributed by atoms with Gasteiger partial charge in [0.25, 0.3) is 0 Å². The molecule has 0 aliphatic carbocycles. The van der Waals surface area contributed by atoms with E-state index in [2.05, 4.69) is 0 Å². The van der Waals surface area contributed by atoms with Crippen molar-refractivity contribution in [3.8, 4) is 0 Å². The lowest BCUT2D eigenvalue weighted by atomic mass is 10.1. The third-order valence-electron chi connectivity index (χ3n) is 2.94. The molecule has 0 spiro atoms. The van der Waals surface area contributed by atoms with Crippen molar-refractivity contribution >= 4 is 29.5 Å². The number of quaternary nitrogens is 1. The van der Waals surface area contributed by atoms with Gasteiger partial charge in [-0.15, -0.1) is 11.8 Å². The van der Waals surface area contributed by atoms with Gasteiger partial charge in [-0.3, -0.25) is 0 Å². The van der Waals surface area contributed by atoms with Gasteiger partial charge in [-0.1, -0.05) is 17.7 Å². The fourth-order valence-electron chi connectivity index (χ4n) is 2.00. The molecule has 1 fully saturated rings. The number of carboxylic acid groups (broad SMARTS) is 1. The monoisotopic (exact) mass is 307 g/mol. The molecule has 0 saturated carbocycles. The molecule has 1 aromatic rings. The van der Waals surface area contributed by atoms with Crippen LogP contribution in [0.25, 0.3) is 0 Å². The van der Waals surface area contributed by atoms with E-state index in [-0.39, 0.29) is 12.4 Å². The van der Waals surface area contributed by atoms with Gasteiger partial charge in [-0.05, 0) is 18.2 Å². The molecule has 100 valence electrons. The summed E-state index contributed by atoms with van der Waals surface area (Å²) in [5.41, 5.74) is 0. The van der Waals surface area contributed by atoms with Crippen molar-refractivity contribution in [2.24, 2.45) is 0 Å². The van der Waals surface area contributed by atoms with Gasteiger partial charge in [0.05, 0.1) is 13.1 Å². The molecular formula is C12H15Cl2NO2S.